The van der Waals surface area contributed by atoms with E-state index in [9.17, 15) is 14.7 Å². The first-order valence-electron chi connectivity index (χ1n) is 9.91. The number of phenols is 1. The van der Waals surface area contributed by atoms with E-state index < -0.39 is 0 Å². The number of halogens is 2. The lowest BCUT2D eigenvalue weighted by molar-refractivity contribution is -0.121. The second-order valence-corrected chi connectivity index (χ2v) is 8.40. The Kier molecular flexibility index (Phi) is 7.45. The van der Waals surface area contributed by atoms with Gasteiger partial charge in [-0.2, -0.15) is 0 Å². The average molecular weight is 450 g/mol. The summed E-state index contributed by atoms with van der Waals surface area (Å²) in [6, 6.07) is 11.9. The lowest BCUT2D eigenvalue weighted by atomic mass is 9.96. The Balaban J connectivity index is 1.47. The van der Waals surface area contributed by atoms with Crippen LogP contribution in [0.25, 0.3) is 0 Å². The number of piperidine rings is 1. The minimum Gasteiger partial charge on any atom is -0.506 e. The van der Waals surface area contributed by atoms with Crippen LogP contribution in [0.1, 0.15) is 25.3 Å². The smallest absolute Gasteiger partial charge is 0.317 e. The standard InChI is InChI=1S/C22H25Cl2N3O3/c1-14(12-16-4-2-3-5-18(16)24)25-22(30)27-10-8-15(9-11-27)21(29)26-19-13-17(23)6-7-20(19)28/h2-7,13-15,28H,8-12H2,1H3,(H,25,30)(H,26,29). The van der Waals surface area contributed by atoms with Gasteiger partial charge in [-0.1, -0.05) is 41.4 Å². The number of anilines is 1. The Morgan fingerprint density at radius 3 is 2.57 bits per heavy atom. The van der Waals surface area contributed by atoms with Crippen LogP contribution in [0.4, 0.5) is 10.5 Å². The lowest BCUT2D eigenvalue weighted by Gasteiger charge is -2.32. The predicted octanol–water partition coefficient (Wildman–Crippen LogP) is 4.69. The molecule has 160 valence electrons. The lowest BCUT2D eigenvalue weighted by Crippen LogP contribution is -2.48. The Hall–Kier alpha value is -2.44. The van der Waals surface area contributed by atoms with Crippen molar-refractivity contribution >= 4 is 40.8 Å². The first kappa shape index (κ1) is 22.2. The largest absolute Gasteiger partial charge is 0.506 e. The van der Waals surface area contributed by atoms with Gasteiger partial charge in [0.1, 0.15) is 5.75 Å². The number of phenolic OH excluding ortho intramolecular Hbond substituents is 1. The number of urea groups is 1. The van der Waals surface area contributed by atoms with Crippen molar-refractivity contribution in [3.63, 3.8) is 0 Å². The number of aromatic hydroxyl groups is 1. The van der Waals surface area contributed by atoms with Crippen molar-refractivity contribution in [3.8, 4) is 5.75 Å². The monoisotopic (exact) mass is 449 g/mol. The van der Waals surface area contributed by atoms with Crippen LogP contribution in [0.2, 0.25) is 10.0 Å². The molecule has 1 heterocycles. The molecule has 1 fully saturated rings. The van der Waals surface area contributed by atoms with Crippen LogP contribution < -0.4 is 10.6 Å². The van der Waals surface area contributed by atoms with Crippen LogP contribution in [0.3, 0.4) is 0 Å². The number of hydrogen-bond donors (Lipinski definition) is 3. The third-order valence-electron chi connectivity index (χ3n) is 5.22. The summed E-state index contributed by atoms with van der Waals surface area (Å²) in [6.07, 6.45) is 1.76. The molecule has 1 saturated heterocycles. The van der Waals surface area contributed by atoms with E-state index in [4.69, 9.17) is 23.2 Å². The van der Waals surface area contributed by atoms with E-state index in [2.05, 4.69) is 10.6 Å². The normalized spacial score (nSPS) is 15.5. The van der Waals surface area contributed by atoms with Gasteiger partial charge in [0.2, 0.25) is 5.91 Å². The van der Waals surface area contributed by atoms with E-state index in [1.54, 1.807) is 11.0 Å². The van der Waals surface area contributed by atoms with Gasteiger partial charge in [-0.3, -0.25) is 4.79 Å². The molecule has 6 nitrogen and oxygen atoms in total. The van der Waals surface area contributed by atoms with Crippen molar-refractivity contribution < 1.29 is 14.7 Å². The molecule has 3 amide bonds. The fourth-order valence-electron chi connectivity index (χ4n) is 3.53. The molecule has 0 aliphatic carbocycles. The van der Waals surface area contributed by atoms with Crippen LogP contribution in [-0.2, 0) is 11.2 Å². The molecule has 3 rings (SSSR count). The number of carbonyl (C=O) groups excluding carboxylic acids is 2. The zero-order valence-electron chi connectivity index (χ0n) is 16.7. The Morgan fingerprint density at radius 2 is 1.87 bits per heavy atom. The van der Waals surface area contributed by atoms with Crippen LogP contribution in [0.15, 0.2) is 42.5 Å². The van der Waals surface area contributed by atoms with E-state index in [0.29, 0.717) is 48.1 Å². The van der Waals surface area contributed by atoms with Crippen molar-refractivity contribution in [1.29, 1.82) is 0 Å². The molecular formula is C22H25Cl2N3O3. The zero-order valence-corrected chi connectivity index (χ0v) is 18.2. The second-order valence-electron chi connectivity index (χ2n) is 7.56. The second kappa shape index (κ2) is 10.0. The summed E-state index contributed by atoms with van der Waals surface area (Å²) < 4.78 is 0. The summed E-state index contributed by atoms with van der Waals surface area (Å²) >= 11 is 12.1. The van der Waals surface area contributed by atoms with E-state index >= 15 is 0 Å². The van der Waals surface area contributed by atoms with Gasteiger partial charge < -0.3 is 20.6 Å². The number of amides is 3. The highest BCUT2D eigenvalue weighted by Crippen LogP contribution is 2.28. The number of benzene rings is 2. The first-order valence-corrected chi connectivity index (χ1v) is 10.7. The zero-order chi connectivity index (χ0) is 21.7. The number of rotatable bonds is 5. The van der Waals surface area contributed by atoms with Crippen LogP contribution in [0.5, 0.6) is 5.75 Å². The highest BCUT2D eigenvalue weighted by atomic mass is 35.5. The van der Waals surface area contributed by atoms with Crippen molar-refractivity contribution in [1.82, 2.24) is 10.2 Å². The Bertz CT molecular complexity index is 914. The maximum Gasteiger partial charge on any atom is 0.317 e. The molecule has 0 spiro atoms. The van der Waals surface area contributed by atoms with Crippen molar-refractivity contribution in [3.05, 3.63) is 58.1 Å². The highest BCUT2D eigenvalue weighted by molar-refractivity contribution is 6.31. The van der Waals surface area contributed by atoms with E-state index in [1.165, 1.54) is 12.1 Å². The fourth-order valence-corrected chi connectivity index (χ4v) is 3.92. The maximum absolute atomic E-state index is 12.6. The van der Waals surface area contributed by atoms with E-state index in [0.717, 1.165) is 5.56 Å². The van der Waals surface area contributed by atoms with Gasteiger partial charge in [-0.15, -0.1) is 0 Å². The summed E-state index contributed by atoms with van der Waals surface area (Å²) in [7, 11) is 0. The Morgan fingerprint density at radius 1 is 1.17 bits per heavy atom. The minimum absolute atomic E-state index is 0.0305. The molecule has 1 atom stereocenters. The van der Waals surface area contributed by atoms with Gasteiger partial charge >= 0.3 is 6.03 Å². The molecule has 1 unspecified atom stereocenters. The summed E-state index contributed by atoms with van der Waals surface area (Å²) in [5.74, 6) is -0.440. The number of hydrogen-bond acceptors (Lipinski definition) is 3. The quantitative estimate of drug-likeness (QED) is 0.578. The molecule has 8 heteroatoms. The molecular weight excluding hydrogens is 425 g/mol. The molecule has 1 aliphatic heterocycles. The molecule has 0 bridgehead atoms. The van der Waals surface area contributed by atoms with Crippen LogP contribution >= 0.6 is 23.2 Å². The predicted molar refractivity (Wildman–Crippen MR) is 119 cm³/mol. The number of nitrogens with zero attached hydrogens (tertiary/aromatic N) is 1. The molecule has 0 aromatic heterocycles. The van der Waals surface area contributed by atoms with Gasteiger partial charge in [0.15, 0.2) is 0 Å². The number of nitrogens with one attached hydrogen (secondary N) is 2. The van der Waals surface area contributed by atoms with E-state index in [1.807, 2.05) is 31.2 Å². The Labute approximate surface area is 186 Å². The third-order valence-corrected chi connectivity index (χ3v) is 5.83. The third kappa shape index (κ3) is 5.80. The molecule has 2 aromatic rings. The first-order chi connectivity index (χ1) is 14.3. The van der Waals surface area contributed by atoms with Gasteiger partial charge in [0.25, 0.3) is 0 Å². The summed E-state index contributed by atoms with van der Waals surface area (Å²) in [5, 5.41) is 16.7. The SMILES string of the molecule is CC(Cc1ccccc1Cl)NC(=O)N1CCC(C(=O)Nc2cc(Cl)ccc2O)CC1. The topological polar surface area (TPSA) is 81.7 Å². The minimum atomic E-state index is -0.229. The summed E-state index contributed by atoms with van der Waals surface area (Å²) in [5.41, 5.74) is 1.28. The molecule has 0 radical (unpaired) electrons. The van der Waals surface area contributed by atoms with Crippen LogP contribution in [0, 0.1) is 5.92 Å². The van der Waals surface area contributed by atoms with E-state index in [-0.39, 0.29) is 29.6 Å². The van der Waals surface area contributed by atoms with Gasteiger partial charge in [0, 0.05) is 35.1 Å². The molecule has 1 aliphatic rings. The van der Waals surface area contributed by atoms with Crippen LogP contribution in [-0.4, -0.2) is 41.1 Å². The van der Waals surface area contributed by atoms with Gasteiger partial charge in [-0.25, -0.2) is 4.79 Å². The molecule has 2 aromatic carbocycles. The van der Waals surface area contributed by atoms with Gasteiger partial charge in [-0.05, 0) is 56.0 Å². The average Bonchev–Trinajstić information content (AvgIpc) is 2.72. The number of likely N-dealkylation sites (tertiary alicyclic amines) is 1. The number of carbonyl (C=O) groups is 2. The summed E-state index contributed by atoms with van der Waals surface area (Å²) in [6.45, 7) is 2.92. The summed E-state index contributed by atoms with van der Waals surface area (Å²) in [4.78, 5) is 26.8. The molecule has 30 heavy (non-hydrogen) atoms. The maximum atomic E-state index is 12.6. The fraction of sp³-hybridized carbons (Fsp3) is 0.364. The highest BCUT2D eigenvalue weighted by Gasteiger charge is 2.28. The molecule has 0 saturated carbocycles. The van der Waals surface area contributed by atoms with Crippen molar-refractivity contribution in [2.45, 2.75) is 32.2 Å². The molecule has 3 N–H and O–H groups in total. The van der Waals surface area contributed by atoms with Crippen molar-refractivity contribution in [2.24, 2.45) is 5.92 Å². The van der Waals surface area contributed by atoms with Gasteiger partial charge in [0.05, 0.1) is 5.69 Å². The van der Waals surface area contributed by atoms with Crippen molar-refractivity contribution in [2.75, 3.05) is 18.4 Å².